The molecule has 5 rings (SSSR count). The number of carbonyl (C=O) groups excluding carboxylic acids is 2. The Morgan fingerprint density at radius 1 is 1.00 bits per heavy atom. The van der Waals surface area contributed by atoms with Crippen LogP contribution in [0.25, 0.3) is 0 Å². The van der Waals surface area contributed by atoms with E-state index in [0.717, 1.165) is 0 Å². The summed E-state index contributed by atoms with van der Waals surface area (Å²) in [6.07, 6.45) is 5.40. The second-order valence-corrected chi connectivity index (χ2v) is 7.80. The predicted octanol–water partition coefficient (Wildman–Crippen LogP) is 2.89. The first kappa shape index (κ1) is 12.7. The van der Waals surface area contributed by atoms with Crippen molar-refractivity contribution in [3.05, 3.63) is 23.3 Å². The molecular weight excluding hydrogens is 330 g/mol. The molecule has 5 aliphatic rings. The molecule has 2 fully saturated rings. The molecule has 0 spiro atoms. The summed E-state index contributed by atoms with van der Waals surface area (Å²) in [6, 6.07) is 0. The minimum Gasteiger partial charge on any atom is -0.288 e. The average Bonchev–Trinajstić information content (AvgIpc) is 2.87. The molecule has 0 radical (unpaired) electrons. The number of hydrogen-bond acceptors (Lipinski definition) is 2. The van der Waals surface area contributed by atoms with Gasteiger partial charge >= 0.3 is 0 Å². The number of Topliss-reactive ketones (excluding diaryl/α,β-unsaturated/α-hetero) is 2. The van der Waals surface area contributed by atoms with Gasteiger partial charge in [0.05, 0.1) is 0 Å². The second-order valence-electron chi connectivity index (χ2n) is 5.67. The van der Waals surface area contributed by atoms with E-state index in [-0.39, 0.29) is 34.1 Å². The van der Waals surface area contributed by atoms with E-state index in [1.54, 1.807) is 0 Å². The summed E-state index contributed by atoms with van der Waals surface area (Å²) < 4.78 is 0. The summed E-state index contributed by atoms with van der Waals surface area (Å²) in [5.41, 5.74) is 0. The van der Waals surface area contributed by atoms with Crippen LogP contribution in [0.5, 0.6) is 0 Å². The molecule has 19 heavy (non-hydrogen) atoms. The first-order chi connectivity index (χ1) is 8.83. The Balaban J connectivity index is 2.02. The lowest BCUT2D eigenvalue weighted by atomic mass is 9.57. The Hall–Kier alpha value is -0.0200. The Bertz CT molecular complexity index is 597. The van der Waals surface area contributed by atoms with E-state index in [9.17, 15) is 9.59 Å². The maximum Gasteiger partial charge on any atom is 0.227 e. The van der Waals surface area contributed by atoms with Crippen LogP contribution in [0.2, 0.25) is 0 Å². The lowest BCUT2D eigenvalue weighted by molar-refractivity contribution is -0.144. The lowest BCUT2D eigenvalue weighted by Gasteiger charge is -2.53. The Labute approximate surface area is 129 Å². The van der Waals surface area contributed by atoms with Gasteiger partial charge in [-0.15, -0.1) is 34.8 Å². The molecule has 2 saturated carbocycles. The molecular formula is C13H8Cl4O2. The van der Waals surface area contributed by atoms with Gasteiger partial charge in [-0.05, 0) is 17.9 Å². The third kappa shape index (κ3) is 1.12. The highest BCUT2D eigenvalue weighted by molar-refractivity contribution is 6.66. The van der Waals surface area contributed by atoms with E-state index in [1.165, 1.54) is 6.08 Å². The van der Waals surface area contributed by atoms with Gasteiger partial charge in [-0.3, -0.25) is 9.59 Å². The highest BCUT2D eigenvalue weighted by Crippen LogP contribution is 2.68. The number of alkyl halides is 3. The molecule has 5 aliphatic carbocycles. The molecule has 0 saturated heterocycles. The number of allylic oxidation sites excluding steroid dienone is 4. The minimum atomic E-state index is -1.47. The Kier molecular flexibility index (Phi) is 2.28. The van der Waals surface area contributed by atoms with E-state index >= 15 is 0 Å². The van der Waals surface area contributed by atoms with Gasteiger partial charge in [0.25, 0.3) is 0 Å². The summed E-state index contributed by atoms with van der Waals surface area (Å²) >= 11 is 25.5. The van der Waals surface area contributed by atoms with Crippen LogP contribution in [-0.4, -0.2) is 26.7 Å². The quantitative estimate of drug-likeness (QED) is 0.387. The van der Waals surface area contributed by atoms with Crippen molar-refractivity contribution < 1.29 is 9.59 Å². The SMILES string of the molecule is O=C1C(=O)[C@]2(Cl)C=C(Cl)[C@@]1(Cl)[C@H]1[C@@H]2[C@H]2C=C[C@@H]1C2Cl. The fourth-order valence-corrected chi connectivity index (χ4v) is 6.07. The van der Waals surface area contributed by atoms with Crippen molar-refractivity contribution in [2.75, 3.05) is 0 Å². The van der Waals surface area contributed by atoms with Gasteiger partial charge in [0, 0.05) is 22.2 Å². The predicted molar refractivity (Wildman–Crippen MR) is 73.9 cm³/mol. The number of fused-ring (bicyclic) bond motifs is 3. The molecule has 0 amide bonds. The van der Waals surface area contributed by atoms with Gasteiger partial charge in [-0.25, -0.2) is 0 Å². The van der Waals surface area contributed by atoms with Crippen LogP contribution in [0.1, 0.15) is 0 Å². The van der Waals surface area contributed by atoms with E-state index in [4.69, 9.17) is 46.4 Å². The van der Waals surface area contributed by atoms with Gasteiger partial charge in [0.15, 0.2) is 0 Å². The zero-order valence-corrected chi connectivity index (χ0v) is 12.5. The standard InChI is InChI=1S/C13H8Cl4O2/c14-6-3-12(16)7-4-1-2-5(9(4)15)8(7)13(6,17)11(19)10(12)18/h1-5,7-9H/t4-,5+,7+,8-,9?,12+,13-/m1/s1. The maximum atomic E-state index is 12.3. The first-order valence-corrected chi connectivity index (χ1v) is 7.59. The van der Waals surface area contributed by atoms with E-state index in [0.29, 0.717) is 0 Å². The molecule has 0 heterocycles. The van der Waals surface area contributed by atoms with Crippen LogP contribution >= 0.6 is 46.4 Å². The number of carbonyl (C=O) groups is 2. The molecule has 1 unspecified atom stereocenters. The molecule has 6 heteroatoms. The van der Waals surface area contributed by atoms with Crippen LogP contribution in [0.15, 0.2) is 23.3 Å². The van der Waals surface area contributed by atoms with Crippen molar-refractivity contribution in [3.63, 3.8) is 0 Å². The molecule has 2 nitrogen and oxygen atoms in total. The van der Waals surface area contributed by atoms with Crippen molar-refractivity contribution in [2.45, 2.75) is 15.1 Å². The highest BCUT2D eigenvalue weighted by atomic mass is 35.5. The van der Waals surface area contributed by atoms with Crippen LogP contribution < -0.4 is 0 Å². The van der Waals surface area contributed by atoms with Crippen LogP contribution in [0.3, 0.4) is 0 Å². The van der Waals surface area contributed by atoms with Crippen molar-refractivity contribution in [1.29, 1.82) is 0 Å². The Morgan fingerprint density at radius 2 is 1.58 bits per heavy atom. The summed E-state index contributed by atoms with van der Waals surface area (Å²) in [7, 11) is 0. The normalized spacial score (nSPS) is 57.7. The molecule has 0 aromatic heterocycles. The van der Waals surface area contributed by atoms with Gasteiger partial charge in [-0.1, -0.05) is 23.8 Å². The molecule has 7 atom stereocenters. The largest absolute Gasteiger partial charge is 0.288 e. The summed E-state index contributed by atoms with van der Waals surface area (Å²) in [6.45, 7) is 0. The average molecular weight is 338 g/mol. The molecule has 0 aliphatic heterocycles. The van der Waals surface area contributed by atoms with Crippen molar-refractivity contribution in [3.8, 4) is 0 Å². The van der Waals surface area contributed by atoms with Gasteiger partial charge in [0.1, 0.15) is 9.75 Å². The van der Waals surface area contributed by atoms with Gasteiger partial charge in [0.2, 0.25) is 11.6 Å². The number of hydrogen-bond donors (Lipinski definition) is 0. The minimum absolute atomic E-state index is 0.0367. The zero-order valence-electron chi connectivity index (χ0n) is 9.45. The maximum absolute atomic E-state index is 12.3. The monoisotopic (exact) mass is 336 g/mol. The third-order valence-corrected chi connectivity index (χ3v) is 7.27. The van der Waals surface area contributed by atoms with E-state index in [1.807, 2.05) is 12.2 Å². The number of ketones is 2. The number of halogens is 4. The second kappa shape index (κ2) is 3.41. The van der Waals surface area contributed by atoms with Crippen LogP contribution in [0, 0.1) is 23.7 Å². The molecule has 100 valence electrons. The summed E-state index contributed by atoms with van der Waals surface area (Å²) in [5.74, 6) is -2.00. The molecule has 0 N–H and O–H groups in total. The third-order valence-electron chi connectivity index (χ3n) is 5.02. The molecule has 0 aromatic rings. The smallest absolute Gasteiger partial charge is 0.227 e. The summed E-state index contributed by atoms with van der Waals surface area (Å²) in [4.78, 5) is 21.7. The van der Waals surface area contributed by atoms with Gasteiger partial charge in [-0.2, -0.15) is 0 Å². The fraction of sp³-hybridized carbons (Fsp3) is 0.538. The van der Waals surface area contributed by atoms with E-state index < -0.39 is 21.3 Å². The molecule has 0 aromatic carbocycles. The first-order valence-electron chi connectivity index (χ1n) is 6.01. The topological polar surface area (TPSA) is 34.1 Å². The highest BCUT2D eigenvalue weighted by Gasteiger charge is 2.75. The van der Waals surface area contributed by atoms with Crippen LogP contribution in [-0.2, 0) is 9.59 Å². The van der Waals surface area contributed by atoms with Crippen molar-refractivity contribution in [1.82, 2.24) is 0 Å². The fourth-order valence-electron chi connectivity index (χ4n) is 4.25. The van der Waals surface area contributed by atoms with Crippen molar-refractivity contribution in [2.24, 2.45) is 23.7 Å². The Morgan fingerprint density at radius 3 is 2.21 bits per heavy atom. The summed E-state index contributed by atoms with van der Waals surface area (Å²) in [5, 5.41) is -0.0132. The van der Waals surface area contributed by atoms with Gasteiger partial charge < -0.3 is 0 Å². The van der Waals surface area contributed by atoms with Crippen molar-refractivity contribution >= 4 is 58.0 Å². The lowest BCUT2D eigenvalue weighted by Crippen LogP contribution is -2.67. The number of rotatable bonds is 0. The van der Waals surface area contributed by atoms with E-state index in [2.05, 4.69) is 0 Å². The van der Waals surface area contributed by atoms with Crippen LogP contribution in [0.4, 0.5) is 0 Å². The molecule has 4 bridgehead atoms. The zero-order chi connectivity index (χ0) is 13.7.